The molecule has 0 aromatic heterocycles. The smallest absolute Gasteiger partial charge is 0.230 e. The lowest BCUT2D eigenvalue weighted by molar-refractivity contribution is -0.130. The monoisotopic (exact) mass is 459 g/mol. The number of carbonyl (C=O) groups excluding carboxylic acids is 1. The first kappa shape index (κ1) is 21.8. The van der Waals surface area contributed by atoms with Gasteiger partial charge in [-0.05, 0) is 61.1 Å². The molecule has 1 heterocycles. The molecule has 5 heteroatoms. The Kier molecular flexibility index (Phi) is 8.13. The van der Waals surface area contributed by atoms with Gasteiger partial charge in [0.1, 0.15) is 5.75 Å². The van der Waals surface area contributed by atoms with Gasteiger partial charge in [0.2, 0.25) is 5.91 Å². The number of rotatable bonds is 9. The molecule has 0 radical (unpaired) electrons. The maximum absolute atomic E-state index is 13.2. The number of nitrogens with one attached hydrogen (secondary N) is 1. The SMILES string of the molecule is CCCCOc1ccc(CCNC(=O)C2(c3ccc(Br)cc3)CCOCC2)cc1. The summed E-state index contributed by atoms with van der Waals surface area (Å²) in [6, 6.07) is 16.3. The van der Waals surface area contributed by atoms with Crippen molar-refractivity contribution in [2.75, 3.05) is 26.4 Å². The zero-order valence-corrected chi connectivity index (χ0v) is 18.7. The van der Waals surface area contributed by atoms with Gasteiger partial charge in [-0.3, -0.25) is 4.79 Å². The standard InChI is InChI=1S/C24H30BrNO3/c1-2-3-16-29-22-10-4-19(5-11-22)12-15-26-23(27)24(13-17-28-18-14-24)20-6-8-21(25)9-7-20/h4-11H,2-3,12-18H2,1H3,(H,26,27). The van der Waals surface area contributed by atoms with Crippen molar-refractivity contribution in [3.63, 3.8) is 0 Å². The van der Waals surface area contributed by atoms with Crippen molar-refractivity contribution < 1.29 is 14.3 Å². The number of carbonyl (C=O) groups is 1. The van der Waals surface area contributed by atoms with Crippen molar-refractivity contribution >= 4 is 21.8 Å². The van der Waals surface area contributed by atoms with Gasteiger partial charge in [0.25, 0.3) is 0 Å². The number of hydrogen-bond donors (Lipinski definition) is 1. The number of ether oxygens (including phenoxy) is 2. The highest BCUT2D eigenvalue weighted by Crippen LogP contribution is 2.35. The van der Waals surface area contributed by atoms with Gasteiger partial charge in [-0.1, -0.05) is 53.5 Å². The van der Waals surface area contributed by atoms with E-state index in [2.05, 4.69) is 40.3 Å². The van der Waals surface area contributed by atoms with Crippen molar-refractivity contribution in [3.05, 3.63) is 64.1 Å². The first-order chi connectivity index (χ1) is 14.1. The van der Waals surface area contributed by atoms with Crippen LogP contribution in [0.2, 0.25) is 0 Å². The second-order valence-corrected chi connectivity index (χ2v) is 8.47. The van der Waals surface area contributed by atoms with Gasteiger partial charge in [-0.25, -0.2) is 0 Å². The van der Waals surface area contributed by atoms with Crippen LogP contribution in [0.25, 0.3) is 0 Å². The Hall–Kier alpha value is -1.85. The largest absolute Gasteiger partial charge is 0.494 e. The van der Waals surface area contributed by atoms with E-state index in [0.29, 0.717) is 32.6 Å². The average Bonchev–Trinajstić information content (AvgIpc) is 2.76. The molecule has 29 heavy (non-hydrogen) atoms. The minimum atomic E-state index is -0.504. The van der Waals surface area contributed by atoms with Gasteiger partial charge in [0.05, 0.1) is 12.0 Å². The first-order valence-electron chi connectivity index (χ1n) is 10.5. The fourth-order valence-electron chi connectivity index (χ4n) is 3.71. The highest BCUT2D eigenvalue weighted by atomic mass is 79.9. The topological polar surface area (TPSA) is 47.6 Å². The van der Waals surface area contributed by atoms with Crippen molar-refractivity contribution in [1.29, 1.82) is 0 Å². The molecule has 0 saturated carbocycles. The Labute approximate surface area is 182 Å². The van der Waals surface area contributed by atoms with Crippen LogP contribution in [0.3, 0.4) is 0 Å². The van der Waals surface area contributed by atoms with E-state index < -0.39 is 5.41 Å². The van der Waals surface area contributed by atoms with E-state index in [-0.39, 0.29) is 5.91 Å². The maximum Gasteiger partial charge on any atom is 0.230 e. The van der Waals surface area contributed by atoms with Crippen LogP contribution < -0.4 is 10.1 Å². The summed E-state index contributed by atoms with van der Waals surface area (Å²) in [5.74, 6) is 1.00. The fourth-order valence-corrected chi connectivity index (χ4v) is 3.98. The molecule has 0 bridgehead atoms. The van der Waals surface area contributed by atoms with Crippen LogP contribution in [-0.2, 0) is 21.4 Å². The molecule has 3 rings (SSSR count). The van der Waals surface area contributed by atoms with Crippen LogP contribution in [0, 0.1) is 0 Å². The number of hydrogen-bond acceptors (Lipinski definition) is 3. The summed E-state index contributed by atoms with van der Waals surface area (Å²) >= 11 is 3.48. The third kappa shape index (κ3) is 5.83. The Balaban J connectivity index is 1.57. The Morgan fingerprint density at radius 1 is 1.10 bits per heavy atom. The lowest BCUT2D eigenvalue weighted by atomic mass is 9.73. The zero-order chi connectivity index (χ0) is 20.5. The predicted octanol–water partition coefficient (Wildman–Crippen LogP) is 5.04. The summed E-state index contributed by atoms with van der Waals surface area (Å²) in [5, 5.41) is 3.17. The van der Waals surface area contributed by atoms with Crippen molar-refractivity contribution in [1.82, 2.24) is 5.32 Å². The second kappa shape index (κ2) is 10.8. The van der Waals surface area contributed by atoms with Crippen molar-refractivity contribution in [3.8, 4) is 5.75 Å². The Bertz CT molecular complexity index is 768. The van der Waals surface area contributed by atoms with Crippen molar-refractivity contribution in [2.24, 2.45) is 0 Å². The van der Waals surface area contributed by atoms with E-state index in [4.69, 9.17) is 9.47 Å². The average molecular weight is 460 g/mol. The van der Waals surface area contributed by atoms with E-state index in [1.165, 1.54) is 5.56 Å². The zero-order valence-electron chi connectivity index (χ0n) is 17.1. The molecule has 1 N–H and O–H groups in total. The van der Waals surface area contributed by atoms with Gasteiger partial charge in [0, 0.05) is 24.2 Å². The van der Waals surface area contributed by atoms with Crippen LogP contribution in [0.1, 0.15) is 43.7 Å². The van der Waals surface area contributed by atoms with Crippen molar-refractivity contribution in [2.45, 2.75) is 44.4 Å². The van der Waals surface area contributed by atoms with E-state index in [1.807, 2.05) is 36.4 Å². The van der Waals surface area contributed by atoms with Gasteiger partial charge >= 0.3 is 0 Å². The predicted molar refractivity (Wildman–Crippen MR) is 119 cm³/mol. The third-order valence-corrected chi connectivity index (χ3v) is 6.10. The van der Waals surface area contributed by atoms with Gasteiger partial charge < -0.3 is 14.8 Å². The molecule has 4 nitrogen and oxygen atoms in total. The quantitative estimate of drug-likeness (QED) is 0.534. The molecule has 156 valence electrons. The van der Waals surface area contributed by atoms with Crippen LogP contribution in [0.5, 0.6) is 5.75 Å². The first-order valence-corrected chi connectivity index (χ1v) is 11.3. The molecular formula is C24H30BrNO3. The Morgan fingerprint density at radius 3 is 2.45 bits per heavy atom. The lowest BCUT2D eigenvalue weighted by Gasteiger charge is -2.36. The van der Waals surface area contributed by atoms with Gasteiger partial charge in [0.15, 0.2) is 0 Å². The molecule has 1 fully saturated rings. The number of halogens is 1. The van der Waals surface area contributed by atoms with Gasteiger partial charge in [-0.15, -0.1) is 0 Å². The summed E-state index contributed by atoms with van der Waals surface area (Å²) in [6.07, 6.45) is 4.42. The second-order valence-electron chi connectivity index (χ2n) is 7.55. The molecule has 0 unspecified atom stereocenters. The van der Waals surface area contributed by atoms with Crippen LogP contribution in [0.15, 0.2) is 53.0 Å². The molecule has 1 saturated heterocycles. The third-order valence-electron chi connectivity index (χ3n) is 5.57. The highest BCUT2D eigenvalue weighted by Gasteiger charge is 2.41. The molecule has 2 aromatic carbocycles. The van der Waals surface area contributed by atoms with Crippen LogP contribution in [0.4, 0.5) is 0 Å². The number of unbranched alkanes of at least 4 members (excludes halogenated alkanes) is 1. The number of amides is 1. The minimum absolute atomic E-state index is 0.0997. The Morgan fingerprint density at radius 2 is 1.79 bits per heavy atom. The summed E-state index contributed by atoms with van der Waals surface area (Å²) in [7, 11) is 0. The maximum atomic E-state index is 13.2. The number of benzene rings is 2. The van der Waals surface area contributed by atoms with Crippen LogP contribution >= 0.6 is 15.9 Å². The summed E-state index contributed by atoms with van der Waals surface area (Å²) < 4.78 is 12.3. The van der Waals surface area contributed by atoms with E-state index in [9.17, 15) is 4.79 Å². The molecule has 0 atom stereocenters. The van der Waals surface area contributed by atoms with E-state index >= 15 is 0 Å². The summed E-state index contributed by atoms with van der Waals surface area (Å²) in [5.41, 5.74) is 1.75. The van der Waals surface area contributed by atoms with Gasteiger partial charge in [-0.2, -0.15) is 0 Å². The minimum Gasteiger partial charge on any atom is -0.494 e. The molecular weight excluding hydrogens is 430 g/mol. The molecule has 0 aliphatic carbocycles. The van der Waals surface area contributed by atoms with E-state index in [0.717, 1.165) is 41.7 Å². The molecule has 2 aromatic rings. The fraction of sp³-hybridized carbons (Fsp3) is 0.458. The molecule has 1 amide bonds. The van der Waals surface area contributed by atoms with E-state index in [1.54, 1.807) is 0 Å². The molecule has 1 aliphatic rings. The molecule has 1 aliphatic heterocycles. The summed E-state index contributed by atoms with van der Waals surface area (Å²) in [4.78, 5) is 13.2. The lowest BCUT2D eigenvalue weighted by Crippen LogP contribution is -2.48. The highest BCUT2D eigenvalue weighted by molar-refractivity contribution is 9.10. The normalized spacial score (nSPS) is 15.7. The molecule has 0 spiro atoms. The van der Waals surface area contributed by atoms with Crippen LogP contribution in [-0.4, -0.2) is 32.3 Å². The summed E-state index contributed by atoms with van der Waals surface area (Å²) in [6.45, 7) is 4.76.